The third-order valence-corrected chi connectivity index (χ3v) is 4.95. The molecule has 136 valence electrons. The number of primary sulfonamides is 1. The van der Waals surface area contributed by atoms with Crippen molar-refractivity contribution in [2.45, 2.75) is 23.8 Å². The lowest BCUT2D eigenvalue weighted by Crippen LogP contribution is -2.39. The van der Waals surface area contributed by atoms with Gasteiger partial charge < -0.3 is 15.3 Å². The molecule has 1 aliphatic heterocycles. The van der Waals surface area contributed by atoms with Crippen LogP contribution in [-0.2, 0) is 10.0 Å². The van der Waals surface area contributed by atoms with Crippen molar-refractivity contribution in [1.29, 1.82) is 5.26 Å². The first-order valence-corrected chi connectivity index (χ1v) is 9.51. The lowest BCUT2D eigenvalue weighted by molar-refractivity contribution is 0.154. The summed E-state index contributed by atoms with van der Waals surface area (Å²) in [5.41, 5.74) is 0.904. The Morgan fingerprint density at radius 2 is 2.08 bits per heavy atom. The number of nitrogens with two attached hydrogens (primary N) is 1. The van der Waals surface area contributed by atoms with Gasteiger partial charge in [0, 0.05) is 18.8 Å². The fraction of sp³-hybridized carbons (Fsp3) is 0.312. The normalized spacial score (nSPS) is 17.6. The number of nitriles is 1. The fourth-order valence-corrected chi connectivity index (χ4v) is 3.27. The highest BCUT2D eigenvalue weighted by molar-refractivity contribution is 7.89. The summed E-state index contributed by atoms with van der Waals surface area (Å²) in [5.74, 6) is 0.729. The molecule has 0 radical (unpaired) electrons. The molecule has 0 aliphatic carbocycles. The van der Waals surface area contributed by atoms with E-state index in [1.807, 2.05) is 4.90 Å². The van der Waals surface area contributed by atoms with Gasteiger partial charge in [-0.1, -0.05) is 0 Å². The molecule has 4 N–H and O–H groups in total. The molecule has 1 atom stereocenters. The molecule has 9 nitrogen and oxygen atoms in total. The van der Waals surface area contributed by atoms with Crippen LogP contribution in [0.4, 0.5) is 17.5 Å². The van der Waals surface area contributed by atoms with Crippen molar-refractivity contribution >= 4 is 27.5 Å². The van der Waals surface area contributed by atoms with E-state index < -0.39 is 16.1 Å². The minimum absolute atomic E-state index is 0.00629. The summed E-state index contributed by atoms with van der Waals surface area (Å²) >= 11 is 0. The molecule has 0 spiro atoms. The standard InChI is InChI=1S/C16H18N6O3S/c17-8-11-9-19-16(21-15(11)22-7-1-2-13(23)10-22)20-12-3-5-14(6-4-12)26(18,24)25/h3-6,9,13,23H,1-2,7,10H2,(H2,18,24,25)(H,19,20,21)/t13-/m0/s1. The Hall–Kier alpha value is -2.74. The van der Waals surface area contributed by atoms with Crippen LogP contribution in [0.25, 0.3) is 0 Å². The number of aliphatic hydroxyl groups is 1. The maximum absolute atomic E-state index is 11.3. The van der Waals surface area contributed by atoms with Crippen LogP contribution < -0.4 is 15.4 Å². The van der Waals surface area contributed by atoms with E-state index in [9.17, 15) is 18.8 Å². The third kappa shape index (κ3) is 4.08. The quantitative estimate of drug-likeness (QED) is 0.709. The predicted octanol–water partition coefficient (Wildman–Crippen LogP) is 0.700. The SMILES string of the molecule is N#Cc1cnc(Nc2ccc(S(N)(=O)=O)cc2)nc1N1CCC[C@H](O)C1. The van der Waals surface area contributed by atoms with Crippen LogP contribution in [0.1, 0.15) is 18.4 Å². The monoisotopic (exact) mass is 374 g/mol. The van der Waals surface area contributed by atoms with Crippen molar-refractivity contribution in [3.8, 4) is 6.07 Å². The van der Waals surface area contributed by atoms with Gasteiger partial charge in [-0.3, -0.25) is 0 Å². The van der Waals surface area contributed by atoms with E-state index in [1.165, 1.54) is 18.3 Å². The summed E-state index contributed by atoms with van der Waals surface area (Å²) < 4.78 is 22.6. The van der Waals surface area contributed by atoms with Gasteiger partial charge in [0.1, 0.15) is 11.6 Å². The van der Waals surface area contributed by atoms with Gasteiger partial charge >= 0.3 is 0 Å². The van der Waals surface area contributed by atoms with E-state index >= 15 is 0 Å². The summed E-state index contributed by atoms with van der Waals surface area (Å²) in [6.07, 6.45) is 2.51. The van der Waals surface area contributed by atoms with Crippen LogP contribution in [0.3, 0.4) is 0 Å². The van der Waals surface area contributed by atoms with E-state index in [-0.39, 0.29) is 10.8 Å². The first kappa shape index (κ1) is 18.1. The number of hydrogen-bond acceptors (Lipinski definition) is 8. The second-order valence-corrected chi connectivity index (χ2v) is 7.54. The number of aromatic nitrogens is 2. The summed E-state index contributed by atoms with van der Waals surface area (Å²) in [7, 11) is -3.75. The van der Waals surface area contributed by atoms with Gasteiger partial charge in [-0.25, -0.2) is 18.5 Å². The van der Waals surface area contributed by atoms with Crippen molar-refractivity contribution in [2.24, 2.45) is 5.14 Å². The maximum atomic E-state index is 11.3. The van der Waals surface area contributed by atoms with Crippen molar-refractivity contribution in [3.05, 3.63) is 36.0 Å². The molecule has 1 saturated heterocycles. The number of β-amino-alcohol motifs (C(OH)–C–C–N with tert-alkyl or cyclic N) is 1. The average molecular weight is 374 g/mol. The number of sulfonamides is 1. The van der Waals surface area contributed by atoms with E-state index in [1.54, 1.807) is 12.1 Å². The van der Waals surface area contributed by atoms with Gasteiger partial charge in [-0.2, -0.15) is 10.2 Å². The van der Waals surface area contributed by atoms with E-state index in [4.69, 9.17) is 5.14 Å². The Balaban J connectivity index is 1.85. The van der Waals surface area contributed by atoms with Crippen LogP contribution in [-0.4, -0.2) is 42.7 Å². The number of nitrogens with one attached hydrogen (secondary N) is 1. The largest absolute Gasteiger partial charge is 0.391 e. The van der Waals surface area contributed by atoms with Crippen LogP contribution in [0.15, 0.2) is 35.4 Å². The number of piperidine rings is 1. The predicted molar refractivity (Wildman–Crippen MR) is 95.3 cm³/mol. The second-order valence-electron chi connectivity index (χ2n) is 5.98. The zero-order chi connectivity index (χ0) is 18.7. The van der Waals surface area contributed by atoms with Crippen molar-refractivity contribution in [1.82, 2.24) is 9.97 Å². The van der Waals surface area contributed by atoms with E-state index in [0.717, 1.165) is 12.8 Å². The first-order chi connectivity index (χ1) is 12.4. The summed E-state index contributed by atoms with van der Waals surface area (Å²) in [4.78, 5) is 10.4. The molecule has 0 bridgehead atoms. The number of nitrogens with zero attached hydrogens (tertiary/aromatic N) is 4. The van der Waals surface area contributed by atoms with Gasteiger partial charge in [-0.15, -0.1) is 0 Å². The summed E-state index contributed by atoms with van der Waals surface area (Å²) in [6, 6.07) is 7.92. The molecule has 2 heterocycles. The number of anilines is 3. The molecule has 1 aliphatic rings. The zero-order valence-electron chi connectivity index (χ0n) is 13.8. The minimum atomic E-state index is -3.75. The molecule has 3 rings (SSSR count). The number of hydrogen-bond donors (Lipinski definition) is 3. The topological polar surface area (TPSA) is 145 Å². The van der Waals surface area contributed by atoms with Crippen LogP contribution in [0.5, 0.6) is 0 Å². The molecule has 1 fully saturated rings. The highest BCUT2D eigenvalue weighted by Gasteiger charge is 2.22. The molecule has 10 heteroatoms. The van der Waals surface area contributed by atoms with Gasteiger partial charge in [0.2, 0.25) is 16.0 Å². The molecule has 0 unspecified atom stereocenters. The average Bonchev–Trinajstić information content (AvgIpc) is 2.61. The lowest BCUT2D eigenvalue weighted by atomic mass is 10.1. The van der Waals surface area contributed by atoms with Crippen LogP contribution >= 0.6 is 0 Å². The second kappa shape index (κ2) is 7.25. The molecule has 0 saturated carbocycles. The first-order valence-electron chi connectivity index (χ1n) is 7.97. The Kier molecular flexibility index (Phi) is 5.03. The smallest absolute Gasteiger partial charge is 0.238 e. The summed E-state index contributed by atoms with van der Waals surface area (Å²) in [6.45, 7) is 1.11. The fourth-order valence-electron chi connectivity index (χ4n) is 2.76. The number of rotatable bonds is 4. The number of aliphatic hydroxyl groups excluding tert-OH is 1. The van der Waals surface area contributed by atoms with Crippen molar-refractivity contribution < 1.29 is 13.5 Å². The molecule has 1 aromatic carbocycles. The molecule has 26 heavy (non-hydrogen) atoms. The third-order valence-electron chi connectivity index (χ3n) is 4.02. The zero-order valence-corrected chi connectivity index (χ0v) is 14.6. The van der Waals surface area contributed by atoms with Gasteiger partial charge in [0.15, 0.2) is 5.82 Å². The molecular formula is C16H18N6O3S. The van der Waals surface area contributed by atoms with Crippen LogP contribution in [0.2, 0.25) is 0 Å². The van der Waals surface area contributed by atoms with E-state index in [2.05, 4.69) is 21.4 Å². The van der Waals surface area contributed by atoms with Gasteiger partial charge in [0.25, 0.3) is 0 Å². The Labute approximate surface area is 151 Å². The Morgan fingerprint density at radius 3 is 2.69 bits per heavy atom. The Morgan fingerprint density at radius 1 is 1.35 bits per heavy atom. The molecule has 1 aromatic heterocycles. The van der Waals surface area contributed by atoms with Crippen LogP contribution in [0, 0.1) is 11.3 Å². The molecule has 2 aromatic rings. The van der Waals surface area contributed by atoms with Crippen molar-refractivity contribution in [3.63, 3.8) is 0 Å². The van der Waals surface area contributed by atoms with E-state index in [0.29, 0.717) is 30.2 Å². The Bertz CT molecular complexity index is 939. The number of benzene rings is 1. The highest BCUT2D eigenvalue weighted by Crippen LogP contribution is 2.24. The molecule has 0 amide bonds. The minimum Gasteiger partial charge on any atom is -0.391 e. The maximum Gasteiger partial charge on any atom is 0.238 e. The van der Waals surface area contributed by atoms with Gasteiger partial charge in [-0.05, 0) is 37.1 Å². The van der Waals surface area contributed by atoms with Gasteiger partial charge in [0.05, 0.1) is 17.2 Å². The molecular weight excluding hydrogens is 356 g/mol. The lowest BCUT2D eigenvalue weighted by Gasteiger charge is -2.31. The van der Waals surface area contributed by atoms with Crippen molar-refractivity contribution in [2.75, 3.05) is 23.3 Å². The summed E-state index contributed by atoms with van der Waals surface area (Å²) in [5, 5.41) is 27.2. The highest BCUT2D eigenvalue weighted by atomic mass is 32.2.